The average Bonchev–Trinajstić information content (AvgIpc) is 2.17. The largest absolute Gasteiger partial charge is 0.495 e. The summed E-state index contributed by atoms with van der Waals surface area (Å²) in [6, 6.07) is 0. The first-order valence-electron chi connectivity index (χ1n) is 4.98. The molecule has 0 saturated heterocycles. The zero-order valence-corrected chi connectivity index (χ0v) is 10.3. The van der Waals surface area contributed by atoms with Gasteiger partial charge in [-0.05, 0) is 27.7 Å². The first kappa shape index (κ1) is 14.0. The zero-order valence-electron chi connectivity index (χ0n) is 9.41. The molecule has 4 nitrogen and oxygen atoms in total. The Morgan fingerprint density at radius 3 is 1.50 bits per heavy atom. The molecule has 0 aromatic carbocycles. The molecule has 14 heavy (non-hydrogen) atoms. The van der Waals surface area contributed by atoms with Gasteiger partial charge in [-0.25, -0.2) is 0 Å². The molecule has 0 bridgehead atoms. The van der Waals surface area contributed by atoms with Crippen molar-refractivity contribution in [2.75, 3.05) is 26.4 Å². The minimum Gasteiger partial charge on any atom is -0.286 e. The van der Waals surface area contributed by atoms with Gasteiger partial charge in [0.25, 0.3) is 0 Å². The highest BCUT2D eigenvalue weighted by molar-refractivity contribution is 7.48. The summed E-state index contributed by atoms with van der Waals surface area (Å²) < 4.78 is 21.5. The monoisotopic (exact) mass is 223 g/mol. The van der Waals surface area contributed by atoms with E-state index < -0.39 is 8.00 Å². The summed E-state index contributed by atoms with van der Waals surface area (Å²) >= 11 is 0. The van der Waals surface area contributed by atoms with E-state index in [1.54, 1.807) is 0 Å². The minimum atomic E-state index is -1.16. The third-order valence-corrected chi connectivity index (χ3v) is 2.72. The maximum Gasteiger partial charge on any atom is 0.495 e. The summed E-state index contributed by atoms with van der Waals surface area (Å²) in [5, 5.41) is 0. The highest BCUT2D eigenvalue weighted by Crippen LogP contribution is 2.28. The lowest BCUT2D eigenvalue weighted by Crippen LogP contribution is -2.10. The smallest absolute Gasteiger partial charge is 0.286 e. The van der Waals surface area contributed by atoms with Gasteiger partial charge in [-0.1, -0.05) is 0 Å². The second-order valence-electron chi connectivity index (χ2n) is 2.22. The Morgan fingerprint density at radius 1 is 0.786 bits per heavy atom. The van der Waals surface area contributed by atoms with Crippen molar-refractivity contribution in [3.8, 4) is 0 Å². The van der Waals surface area contributed by atoms with E-state index in [-0.39, 0.29) is 0 Å². The third kappa shape index (κ3) is 5.68. The molecule has 84 valence electrons. The topological polar surface area (TPSA) is 36.9 Å². The van der Waals surface area contributed by atoms with Crippen LogP contribution in [0.2, 0.25) is 0 Å². The van der Waals surface area contributed by atoms with E-state index in [1.807, 2.05) is 27.7 Å². The molecule has 0 saturated carbocycles. The van der Waals surface area contributed by atoms with E-state index in [0.29, 0.717) is 32.1 Å². The van der Waals surface area contributed by atoms with E-state index in [0.717, 1.165) is 0 Å². The molecule has 0 unspecified atom stereocenters. The van der Waals surface area contributed by atoms with Gasteiger partial charge < -0.3 is 0 Å². The second-order valence-corrected chi connectivity index (χ2v) is 3.62. The van der Waals surface area contributed by atoms with Gasteiger partial charge in [0, 0.05) is 0 Å². The first-order chi connectivity index (χ1) is 6.79. The van der Waals surface area contributed by atoms with Crippen LogP contribution in [0.5, 0.6) is 0 Å². The third-order valence-electron chi connectivity index (χ3n) is 1.18. The fraction of sp³-hybridized carbons (Fsp3) is 0.889. The standard InChI is InChI=1S/C9H20O4P/c1-5-10-9(11-6-2)14(12-7-3)13-8-4/h5-8H2,1-4H3/q+1. The van der Waals surface area contributed by atoms with Gasteiger partial charge in [0.05, 0.1) is 26.4 Å². The highest BCUT2D eigenvalue weighted by Gasteiger charge is 2.25. The molecule has 0 aromatic rings. The molecular weight excluding hydrogens is 203 g/mol. The lowest BCUT2D eigenvalue weighted by Gasteiger charge is -2.00. The summed E-state index contributed by atoms with van der Waals surface area (Å²) in [5.41, 5.74) is 0.480. The summed E-state index contributed by atoms with van der Waals surface area (Å²) in [5.74, 6) is 0. The van der Waals surface area contributed by atoms with Crippen molar-refractivity contribution in [3.05, 3.63) is 0 Å². The second kappa shape index (κ2) is 9.56. The molecule has 0 aromatic heterocycles. The van der Waals surface area contributed by atoms with Crippen molar-refractivity contribution in [1.29, 1.82) is 0 Å². The Morgan fingerprint density at radius 2 is 1.21 bits per heavy atom. The van der Waals surface area contributed by atoms with Gasteiger partial charge in [-0.15, -0.1) is 9.05 Å². The molecule has 0 fully saturated rings. The Bertz CT molecular complexity index is 136. The van der Waals surface area contributed by atoms with Crippen LogP contribution in [0.4, 0.5) is 0 Å². The molecule has 0 heterocycles. The zero-order chi connectivity index (χ0) is 10.8. The lowest BCUT2D eigenvalue weighted by molar-refractivity contribution is 0.183. The van der Waals surface area contributed by atoms with Crippen molar-refractivity contribution >= 4 is 13.7 Å². The predicted molar refractivity (Wildman–Crippen MR) is 58.4 cm³/mol. The van der Waals surface area contributed by atoms with Crippen LogP contribution in [0.25, 0.3) is 0 Å². The molecule has 0 aliphatic carbocycles. The SMILES string of the molecule is CCOC(OCC)=[P+](OCC)OCC. The van der Waals surface area contributed by atoms with Crippen LogP contribution in [0, 0.1) is 0 Å². The van der Waals surface area contributed by atoms with Crippen LogP contribution in [-0.4, -0.2) is 32.1 Å². The van der Waals surface area contributed by atoms with E-state index in [4.69, 9.17) is 18.5 Å². The number of hydrogen-bond acceptors (Lipinski definition) is 4. The maximum atomic E-state index is 5.41. The Labute approximate surface area is 87.0 Å². The number of hydrogen-bond donors (Lipinski definition) is 0. The van der Waals surface area contributed by atoms with Gasteiger partial charge in [-0.2, -0.15) is 0 Å². The van der Waals surface area contributed by atoms with Crippen LogP contribution < -0.4 is 0 Å². The van der Waals surface area contributed by atoms with Crippen molar-refractivity contribution in [1.82, 2.24) is 0 Å². The van der Waals surface area contributed by atoms with Crippen LogP contribution in [0.3, 0.4) is 0 Å². The summed E-state index contributed by atoms with van der Waals surface area (Å²) in [6.45, 7) is 9.97. The fourth-order valence-corrected chi connectivity index (χ4v) is 1.99. The fourth-order valence-electron chi connectivity index (χ4n) is 0.771. The molecule has 0 N–H and O–H groups in total. The molecule has 0 aliphatic rings. The Hall–Kier alpha value is 0.01000. The molecule has 0 rings (SSSR count). The van der Waals surface area contributed by atoms with Gasteiger partial charge >= 0.3 is 13.7 Å². The van der Waals surface area contributed by atoms with Crippen LogP contribution in [0.1, 0.15) is 27.7 Å². The summed E-state index contributed by atoms with van der Waals surface area (Å²) in [4.78, 5) is 0. The van der Waals surface area contributed by atoms with Gasteiger partial charge in [-0.3, -0.25) is 9.47 Å². The number of ether oxygens (including phenoxy) is 2. The molecule has 0 amide bonds. The van der Waals surface area contributed by atoms with Crippen molar-refractivity contribution in [2.45, 2.75) is 27.7 Å². The van der Waals surface area contributed by atoms with E-state index in [9.17, 15) is 0 Å². The molecule has 0 atom stereocenters. The molecule has 5 heteroatoms. The van der Waals surface area contributed by atoms with E-state index in [1.165, 1.54) is 0 Å². The molecule has 0 aliphatic heterocycles. The summed E-state index contributed by atoms with van der Waals surface area (Å²) in [7, 11) is -1.16. The van der Waals surface area contributed by atoms with Crippen LogP contribution >= 0.6 is 8.00 Å². The Balaban J connectivity index is 4.45. The van der Waals surface area contributed by atoms with Crippen molar-refractivity contribution in [2.24, 2.45) is 0 Å². The minimum absolute atomic E-state index is 0.480. The van der Waals surface area contributed by atoms with Crippen LogP contribution in [0.15, 0.2) is 0 Å². The first-order valence-corrected chi connectivity index (χ1v) is 6.16. The maximum absolute atomic E-state index is 5.41. The number of rotatable bonds is 8. The van der Waals surface area contributed by atoms with E-state index >= 15 is 0 Å². The van der Waals surface area contributed by atoms with Crippen LogP contribution in [-0.2, 0) is 18.5 Å². The normalized spacial score (nSPS) is 10.3. The van der Waals surface area contributed by atoms with Gasteiger partial charge in [0.2, 0.25) is 0 Å². The highest BCUT2D eigenvalue weighted by atomic mass is 31.1. The lowest BCUT2D eigenvalue weighted by atomic mass is 10.9. The molecule has 0 spiro atoms. The quantitative estimate of drug-likeness (QED) is 0.592. The summed E-state index contributed by atoms with van der Waals surface area (Å²) in [6.07, 6.45) is 0. The molecular formula is C9H20O4P+. The van der Waals surface area contributed by atoms with Gasteiger partial charge in [0.15, 0.2) is 0 Å². The Kier molecular flexibility index (Phi) is 9.57. The van der Waals surface area contributed by atoms with Crippen molar-refractivity contribution in [3.63, 3.8) is 0 Å². The van der Waals surface area contributed by atoms with Crippen molar-refractivity contribution < 1.29 is 18.5 Å². The predicted octanol–water partition coefficient (Wildman–Crippen LogP) is 2.53. The molecule has 0 radical (unpaired) electrons. The average molecular weight is 223 g/mol. The van der Waals surface area contributed by atoms with E-state index in [2.05, 4.69) is 0 Å². The van der Waals surface area contributed by atoms with Gasteiger partial charge in [0.1, 0.15) is 0 Å².